The van der Waals surface area contributed by atoms with Gasteiger partial charge in [-0.3, -0.25) is 9.59 Å². The molecule has 6 heteroatoms. The maximum Gasteiger partial charge on any atom is 0.291 e. The molecule has 1 saturated heterocycles. The number of oxazole rings is 1. The number of piperazine rings is 1. The molecule has 0 saturated carbocycles. The van der Waals surface area contributed by atoms with E-state index in [9.17, 15) is 9.59 Å². The van der Waals surface area contributed by atoms with E-state index in [0.717, 1.165) is 0 Å². The molecule has 1 fully saturated rings. The summed E-state index contributed by atoms with van der Waals surface area (Å²) >= 11 is 0. The minimum absolute atomic E-state index is 0.0487. The number of carbonyl (C=O) groups is 2. The van der Waals surface area contributed by atoms with E-state index in [1.807, 2.05) is 0 Å². The van der Waals surface area contributed by atoms with Crippen molar-refractivity contribution in [1.82, 2.24) is 14.8 Å². The highest BCUT2D eigenvalue weighted by atomic mass is 16.4. The van der Waals surface area contributed by atoms with Crippen LogP contribution in [0, 0.1) is 6.92 Å². The van der Waals surface area contributed by atoms with Crippen LogP contribution in [0.1, 0.15) is 23.4 Å². The van der Waals surface area contributed by atoms with Crippen molar-refractivity contribution in [2.45, 2.75) is 13.8 Å². The van der Waals surface area contributed by atoms with E-state index in [2.05, 4.69) is 4.98 Å². The maximum absolute atomic E-state index is 12.0. The quantitative estimate of drug-likeness (QED) is 0.704. The summed E-state index contributed by atoms with van der Waals surface area (Å²) in [4.78, 5) is 30.4. The monoisotopic (exact) mass is 237 g/mol. The topological polar surface area (TPSA) is 66.7 Å². The third kappa shape index (κ3) is 2.46. The van der Waals surface area contributed by atoms with Crippen LogP contribution < -0.4 is 0 Å². The number of rotatable bonds is 1. The van der Waals surface area contributed by atoms with Crippen LogP contribution in [0.25, 0.3) is 0 Å². The third-order valence-electron chi connectivity index (χ3n) is 2.84. The minimum Gasteiger partial charge on any atom is -0.436 e. The van der Waals surface area contributed by atoms with Gasteiger partial charge in [0.1, 0.15) is 0 Å². The zero-order valence-corrected chi connectivity index (χ0v) is 9.97. The SMILES string of the molecule is CC(=O)N1CCN(C(=O)c2cnc(C)o2)CC1. The first-order valence-corrected chi connectivity index (χ1v) is 5.55. The van der Waals surface area contributed by atoms with Crippen LogP contribution in [0.4, 0.5) is 0 Å². The molecule has 92 valence electrons. The average molecular weight is 237 g/mol. The Bertz CT molecular complexity index is 433. The Morgan fingerprint density at radius 2 is 1.82 bits per heavy atom. The first-order chi connectivity index (χ1) is 8.08. The lowest BCUT2D eigenvalue weighted by Crippen LogP contribution is -2.50. The molecule has 1 aromatic rings. The lowest BCUT2D eigenvalue weighted by Gasteiger charge is -2.33. The van der Waals surface area contributed by atoms with Crippen molar-refractivity contribution in [3.63, 3.8) is 0 Å². The first-order valence-electron chi connectivity index (χ1n) is 5.55. The fraction of sp³-hybridized carbons (Fsp3) is 0.545. The number of hydrogen-bond acceptors (Lipinski definition) is 4. The Kier molecular flexibility index (Phi) is 3.12. The number of hydrogen-bond donors (Lipinski definition) is 0. The number of amides is 2. The van der Waals surface area contributed by atoms with Crippen molar-refractivity contribution in [3.05, 3.63) is 17.8 Å². The standard InChI is InChI=1S/C11H15N3O3/c1-8-12-7-10(17-8)11(16)14-5-3-13(4-6-14)9(2)15/h7H,3-6H2,1-2H3. The van der Waals surface area contributed by atoms with E-state index in [4.69, 9.17) is 4.42 Å². The second-order valence-corrected chi connectivity index (χ2v) is 4.04. The second-order valence-electron chi connectivity index (χ2n) is 4.04. The summed E-state index contributed by atoms with van der Waals surface area (Å²) < 4.78 is 5.19. The van der Waals surface area contributed by atoms with Gasteiger partial charge >= 0.3 is 0 Å². The van der Waals surface area contributed by atoms with Gasteiger partial charge in [-0.2, -0.15) is 0 Å². The van der Waals surface area contributed by atoms with Crippen molar-refractivity contribution >= 4 is 11.8 Å². The van der Waals surface area contributed by atoms with Crippen LogP contribution in [-0.2, 0) is 4.79 Å². The van der Waals surface area contributed by atoms with Crippen LogP contribution in [-0.4, -0.2) is 52.8 Å². The largest absolute Gasteiger partial charge is 0.436 e. The second kappa shape index (κ2) is 4.57. The van der Waals surface area contributed by atoms with Crippen molar-refractivity contribution in [2.24, 2.45) is 0 Å². The molecule has 0 aromatic carbocycles. The molecule has 0 N–H and O–H groups in total. The molecular weight excluding hydrogens is 222 g/mol. The molecular formula is C11H15N3O3. The lowest BCUT2D eigenvalue weighted by atomic mass is 10.3. The van der Waals surface area contributed by atoms with Gasteiger partial charge in [-0.25, -0.2) is 4.98 Å². The third-order valence-corrected chi connectivity index (χ3v) is 2.84. The highest BCUT2D eigenvalue weighted by Gasteiger charge is 2.25. The van der Waals surface area contributed by atoms with Gasteiger partial charge < -0.3 is 14.2 Å². The lowest BCUT2D eigenvalue weighted by molar-refractivity contribution is -0.130. The fourth-order valence-corrected chi connectivity index (χ4v) is 1.84. The smallest absolute Gasteiger partial charge is 0.291 e. The van der Waals surface area contributed by atoms with E-state index < -0.39 is 0 Å². The van der Waals surface area contributed by atoms with Crippen LogP contribution in [0.15, 0.2) is 10.6 Å². The number of nitrogens with zero attached hydrogens (tertiary/aromatic N) is 3. The average Bonchev–Trinajstić information content (AvgIpc) is 2.75. The van der Waals surface area contributed by atoms with E-state index >= 15 is 0 Å². The van der Waals surface area contributed by atoms with Gasteiger partial charge in [0.05, 0.1) is 6.20 Å². The van der Waals surface area contributed by atoms with Gasteiger partial charge in [0.25, 0.3) is 5.91 Å². The Labute approximate surface area is 99.2 Å². The zero-order valence-electron chi connectivity index (χ0n) is 9.97. The van der Waals surface area contributed by atoms with E-state index in [1.54, 1.807) is 16.7 Å². The summed E-state index contributed by atoms with van der Waals surface area (Å²) in [7, 11) is 0. The van der Waals surface area contributed by atoms with Crippen LogP contribution in [0.3, 0.4) is 0 Å². The van der Waals surface area contributed by atoms with Gasteiger partial charge in [-0.05, 0) is 0 Å². The Morgan fingerprint density at radius 1 is 1.24 bits per heavy atom. The summed E-state index contributed by atoms with van der Waals surface area (Å²) in [6, 6.07) is 0. The van der Waals surface area contributed by atoms with Crippen LogP contribution in [0.2, 0.25) is 0 Å². The van der Waals surface area contributed by atoms with Crippen molar-refractivity contribution in [1.29, 1.82) is 0 Å². The fourth-order valence-electron chi connectivity index (χ4n) is 1.84. The van der Waals surface area contributed by atoms with E-state index in [0.29, 0.717) is 32.1 Å². The molecule has 0 unspecified atom stereocenters. The summed E-state index contributed by atoms with van der Waals surface area (Å²) in [5.74, 6) is 0.635. The highest BCUT2D eigenvalue weighted by Crippen LogP contribution is 2.09. The molecule has 1 aliphatic heterocycles. The molecule has 0 bridgehead atoms. The molecule has 17 heavy (non-hydrogen) atoms. The highest BCUT2D eigenvalue weighted by molar-refractivity contribution is 5.91. The molecule has 0 aliphatic carbocycles. The van der Waals surface area contributed by atoms with E-state index in [1.165, 1.54) is 13.1 Å². The van der Waals surface area contributed by atoms with Crippen LogP contribution in [0.5, 0.6) is 0 Å². The molecule has 6 nitrogen and oxygen atoms in total. The molecule has 0 spiro atoms. The molecule has 2 amide bonds. The molecule has 2 heterocycles. The molecule has 1 aliphatic rings. The summed E-state index contributed by atoms with van der Waals surface area (Å²) in [5.41, 5.74) is 0. The van der Waals surface area contributed by atoms with Gasteiger partial charge in [0.15, 0.2) is 5.89 Å². The molecule has 1 aromatic heterocycles. The van der Waals surface area contributed by atoms with Gasteiger partial charge in [-0.1, -0.05) is 0 Å². The number of carbonyl (C=O) groups excluding carboxylic acids is 2. The van der Waals surface area contributed by atoms with Gasteiger partial charge in [0, 0.05) is 40.0 Å². The first kappa shape index (κ1) is 11.6. The molecule has 0 atom stereocenters. The zero-order chi connectivity index (χ0) is 12.4. The van der Waals surface area contributed by atoms with E-state index in [-0.39, 0.29) is 17.6 Å². The predicted molar refractivity (Wildman–Crippen MR) is 59.4 cm³/mol. The van der Waals surface area contributed by atoms with Crippen molar-refractivity contribution < 1.29 is 14.0 Å². The minimum atomic E-state index is -0.159. The van der Waals surface area contributed by atoms with Gasteiger partial charge in [-0.15, -0.1) is 0 Å². The Morgan fingerprint density at radius 3 is 2.29 bits per heavy atom. The Balaban J connectivity index is 1.97. The van der Waals surface area contributed by atoms with Crippen molar-refractivity contribution in [2.75, 3.05) is 26.2 Å². The summed E-state index contributed by atoms with van der Waals surface area (Å²) in [5, 5.41) is 0. The maximum atomic E-state index is 12.0. The Hall–Kier alpha value is -1.85. The number of aromatic nitrogens is 1. The summed E-state index contributed by atoms with van der Waals surface area (Å²) in [6.45, 7) is 5.47. The van der Waals surface area contributed by atoms with Gasteiger partial charge in [0.2, 0.25) is 11.7 Å². The molecule has 0 radical (unpaired) electrons. The van der Waals surface area contributed by atoms with Crippen molar-refractivity contribution in [3.8, 4) is 0 Å². The number of aryl methyl sites for hydroxylation is 1. The van der Waals surface area contributed by atoms with Crippen LogP contribution >= 0.6 is 0 Å². The summed E-state index contributed by atoms with van der Waals surface area (Å²) in [6.07, 6.45) is 1.44. The predicted octanol–water partition coefficient (Wildman–Crippen LogP) is 0.287. The molecule has 2 rings (SSSR count). The normalized spacial score (nSPS) is 16.1.